The molecule has 92 valence electrons. The zero-order valence-electron chi connectivity index (χ0n) is 9.77. The summed E-state index contributed by atoms with van der Waals surface area (Å²) in [4.78, 5) is 15.9. The van der Waals surface area contributed by atoms with Crippen LogP contribution in [0.25, 0.3) is 0 Å². The molecule has 1 heterocycles. The van der Waals surface area contributed by atoms with Gasteiger partial charge in [0.2, 0.25) is 0 Å². The van der Waals surface area contributed by atoms with Gasteiger partial charge in [-0.1, -0.05) is 22.0 Å². The molecular weight excluding hydrogens is 294 g/mol. The van der Waals surface area contributed by atoms with Gasteiger partial charge in [0.25, 0.3) is 5.91 Å². The number of nitrogens with one attached hydrogen (secondary N) is 1. The first-order valence-electron chi connectivity index (χ1n) is 5.36. The first-order valence-corrected chi connectivity index (χ1v) is 6.16. The number of nitrogens with two attached hydrogens (primary N) is 1. The molecule has 18 heavy (non-hydrogen) atoms. The van der Waals surface area contributed by atoms with Gasteiger partial charge in [0, 0.05) is 16.4 Å². The average molecular weight is 306 g/mol. The van der Waals surface area contributed by atoms with Gasteiger partial charge in [-0.15, -0.1) is 0 Å². The van der Waals surface area contributed by atoms with Gasteiger partial charge in [0.05, 0.1) is 5.56 Å². The van der Waals surface area contributed by atoms with Gasteiger partial charge in [-0.25, -0.2) is 4.98 Å². The number of nitrogen functional groups attached to an aromatic ring is 1. The Balaban J connectivity index is 2.27. The molecule has 0 saturated carbocycles. The van der Waals surface area contributed by atoms with Gasteiger partial charge >= 0.3 is 0 Å². The molecule has 0 radical (unpaired) electrons. The number of pyridine rings is 1. The van der Waals surface area contributed by atoms with Crippen LogP contribution in [-0.4, -0.2) is 10.9 Å². The van der Waals surface area contributed by atoms with Crippen LogP contribution in [-0.2, 0) is 0 Å². The highest BCUT2D eigenvalue weighted by atomic mass is 79.9. The maximum absolute atomic E-state index is 12.1. The minimum Gasteiger partial charge on any atom is -0.383 e. The SMILES string of the molecule is Cc1c(Br)cccc1NC(=O)c1cccnc1N. The summed E-state index contributed by atoms with van der Waals surface area (Å²) in [7, 11) is 0. The molecule has 1 amide bonds. The van der Waals surface area contributed by atoms with Gasteiger partial charge in [-0.2, -0.15) is 0 Å². The Hall–Kier alpha value is -1.88. The Morgan fingerprint density at radius 3 is 2.83 bits per heavy atom. The molecule has 2 aromatic rings. The van der Waals surface area contributed by atoms with Crippen LogP contribution in [0.1, 0.15) is 15.9 Å². The molecule has 4 nitrogen and oxygen atoms in total. The lowest BCUT2D eigenvalue weighted by Crippen LogP contribution is -2.15. The van der Waals surface area contributed by atoms with E-state index in [0.717, 1.165) is 15.7 Å². The Labute approximate surface area is 113 Å². The number of hydrogen-bond donors (Lipinski definition) is 2. The van der Waals surface area contributed by atoms with Crippen LogP contribution in [0.3, 0.4) is 0 Å². The predicted octanol–water partition coefficient (Wildman–Crippen LogP) is 2.99. The highest BCUT2D eigenvalue weighted by Gasteiger charge is 2.11. The van der Waals surface area contributed by atoms with Crippen LogP contribution in [0.5, 0.6) is 0 Å². The second kappa shape index (κ2) is 5.18. The van der Waals surface area contributed by atoms with Gasteiger partial charge < -0.3 is 11.1 Å². The third-order valence-electron chi connectivity index (χ3n) is 2.60. The molecule has 0 aliphatic rings. The fourth-order valence-corrected chi connectivity index (χ4v) is 1.91. The van der Waals surface area contributed by atoms with E-state index < -0.39 is 0 Å². The first kappa shape index (κ1) is 12.6. The van der Waals surface area contributed by atoms with Crippen molar-refractivity contribution in [2.24, 2.45) is 0 Å². The summed E-state index contributed by atoms with van der Waals surface area (Å²) in [5.41, 5.74) is 7.75. The number of carbonyl (C=O) groups is 1. The van der Waals surface area contributed by atoms with Crippen molar-refractivity contribution in [1.29, 1.82) is 0 Å². The number of aromatic nitrogens is 1. The molecule has 0 bridgehead atoms. The van der Waals surface area contributed by atoms with E-state index in [1.807, 2.05) is 25.1 Å². The lowest BCUT2D eigenvalue weighted by molar-refractivity contribution is 0.102. The monoisotopic (exact) mass is 305 g/mol. The van der Waals surface area contributed by atoms with E-state index >= 15 is 0 Å². The zero-order valence-corrected chi connectivity index (χ0v) is 11.4. The third kappa shape index (κ3) is 2.51. The van der Waals surface area contributed by atoms with Crippen molar-refractivity contribution in [2.45, 2.75) is 6.92 Å². The number of benzene rings is 1. The highest BCUT2D eigenvalue weighted by molar-refractivity contribution is 9.10. The van der Waals surface area contributed by atoms with Crippen LogP contribution in [0.15, 0.2) is 41.0 Å². The summed E-state index contributed by atoms with van der Waals surface area (Å²) in [6.07, 6.45) is 1.55. The molecule has 0 atom stereocenters. The van der Waals surface area contributed by atoms with E-state index in [-0.39, 0.29) is 11.7 Å². The topological polar surface area (TPSA) is 68.0 Å². The average Bonchev–Trinajstić information content (AvgIpc) is 2.35. The summed E-state index contributed by atoms with van der Waals surface area (Å²) in [5.74, 6) is -0.0375. The summed E-state index contributed by atoms with van der Waals surface area (Å²) >= 11 is 3.42. The molecule has 0 spiro atoms. The second-order valence-electron chi connectivity index (χ2n) is 3.80. The fourth-order valence-electron chi connectivity index (χ4n) is 1.54. The van der Waals surface area contributed by atoms with Gasteiger partial charge in [0.15, 0.2) is 0 Å². The van der Waals surface area contributed by atoms with E-state index in [4.69, 9.17) is 5.73 Å². The second-order valence-corrected chi connectivity index (χ2v) is 4.66. The number of anilines is 2. The van der Waals surface area contributed by atoms with Crippen LogP contribution in [0.2, 0.25) is 0 Å². The molecule has 0 unspecified atom stereocenters. The van der Waals surface area contributed by atoms with Crippen molar-refractivity contribution in [3.8, 4) is 0 Å². The Morgan fingerprint density at radius 2 is 2.11 bits per heavy atom. The van der Waals surface area contributed by atoms with Gasteiger partial charge in [0.1, 0.15) is 5.82 Å². The van der Waals surface area contributed by atoms with E-state index in [1.54, 1.807) is 18.3 Å². The largest absolute Gasteiger partial charge is 0.383 e. The summed E-state index contributed by atoms with van der Waals surface area (Å²) in [6.45, 7) is 1.92. The summed E-state index contributed by atoms with van der Waals surface area (Å²) in [5, 5.41) is 2.82. The van der Waals surface area contributed by atoms with Crippen molar-refractivity contribution in [2.75, 3.05) is 11.1 Å². The Kier molecular flexibility index (Phi) is 3.62. The molecular formula is C13H12BrN3O. The third-order valence-corrected chi connectivity index (χ3v) is 3.46. The number of hydrogen-bond acceptors (Lipinski definition) is 3. The number of halogens is 1. The smallest absolute Gasteiger partial charge is 0.259 e. The minimum absolute atomic E-state index is 0.225. The maximum Gasteiger partial charge on any atom is 0.259 e. The molecule has 1 aromatic heterocycles. The maximum atomic E-state index is 12.1. The van der Waals surface area contributed by atoms with E-state index in [1.165, 1.54) is 0 Å². The van der Waals surface area contributed by atoms with Crippen molar-refractivity contribution in [1.82, 2.24) is 4.98 Å². The number of rotatable bonds is 2. The number of carbonyl (C=O) groups excluding carboxylic acids is 1. The summed E-state index contributed by atoms with van der Waals surface area (Å²) < 4.78 is 0.944. The molecule has 2 rings (SSSR count). The van der Waals surface area contributed by atoms with E-state index in [2.05, 4.69) is 26.2 Å². The van der Waals surface area contributed by atoms with Crippen molar-refractivity contribution >= 4 is 33.3 Å². The standard InChI is InChI=1S/C13H12BrN3O/c1-8-10(14)5-2-6-11(8)17-13(18)9-4-3-7-16-12(9)15/h2-7H,1H3,(H2,15,16)(H,17,18). The van der Waals surface area contributed by atoms with Crippen LogP contribution < -0.4 is 11.1 Å². The Bertz CT molecular complexity index is 599. The molecule has 0 fully saturated rings. The Morgan fingerprint density at radius 1 is 1.33 bits per heavy atom. The molecule has 3 N–H and O–H groups in total. The lowest BCUT2D eigenvalue weighted by Gasteiger charge is -2.10. The predicted molar refractivity (Wildman–Crippen MR) is 75.5 cm³/mol. The van der Waals surface area contributed by atoms with Crippen molar-refractivity contribution in [3.63, 3.8) is 0 Å². The normalized spacial score (nSPS) is 10.1. The number of nitrogens with zero attached hydrogens (tertiary/aromatic N) is 1. The molecule has 0 saturated heterocycles. The summed E-state index contributed by atoms with van der Waals surface area (Å²) in [6, 6.07) is 8.94. The van der Waals surface area contributed by atoms with Gasteiger partial charge in [-0.3, -0.25) is 4.79 Å². The molecule has 1 aromatic carbocycles. The quantitative estimate of drug-likeness (QED) is 0.896. The molecule has 0 aliphatic heterocycles. The highest BCUT2D eigenvalue weighted by Crippen LogP contribution is 2.24. The lowest BCUT2D eigenvalue weighted by atomic mass is 10.2. The van der Waals surface area contributed by atoms with Gasteiger partial charge in [-0.05, 0) is 36.8 Å². The van der Waals surface area contributed by atoms with Crippen LogP contribution in [0, 0.1) is 6.92 Å². The molecule has 5 heteroatoms. The van der Waals surface area contributed by atoms with Crippen molar-refractivity contribution < 1.29 is 4.79 Å². The van der Waals surface area contributed by atoms with Crippen LogP contribution in [0.4, 0.5) is 11.5 Å². The van der Waals surface area contributed by atoms with Crippen molar-refractivity contribution in [3.05, 3.63) is 52.1 Å². The van der Waals surface area contributed by atoms with E-state index in [9.17, 15) is 4.79 Å². The zero-order chi connectivity index (χ0) is 13.1. The molecule has 0 aliphatic carbocycles. The first-order chi connectivity index (χ1) is 8.59. The van der Waals surface area contributed by atoms with Crippen LogP contribution >= 0.6 is 15.9 Å². The minimum atomic E-state index is -0.262. The fraction of sp³-hybridized carbons (Fsp3) is 0.0769. The van der Waals surface area contributed by atoms with E-state index in [0.29, 0.717) is 5.56 Å². The number of amides is 1.